The van der Waals surface area contributed by atoms with E-state index in [0.29, 0.717) is 6.54 Å². The summed E-state index contributed by atoms with van der Waals surface area (Å²) in [4.78, 5) is 15.4. The molecule has 1 saturated heterocycles. The van der Waals surface area contributed by atoms with Crippen LogP contribution in [0.3, 0.4) is 0 Å². The number of carbonyl (C=O) groups is 1. The molecule has 1 aliphatic heterocycles. The highest BCUT2D eigenvalue weighted by Crippen LogP contribution is 2.27. The molecule has 2 aromatic carbocycles. The van der Waals surface area contributed by atoms with Crippen LogP contribution in [0.1, 0.15) is 42.3 Å². The third-order valence-corrected chi connectivity index (χ3v) is 7.00. The molecule has 0 spiro atoms. The van der Waals surface area contributed by atoms with Crippen LogP contribution in [0.25, 0.3) is 0 Å². The van der Waals surface area contributed by atoms with E-state index in [2.05, 4.69) is 37.1 Å². The van der Waals surface area contributed by atoms with Gasteiger partial charge in [-0.3, -0.25) is 9.69 Å². The van der Waals surface area contributed by atoms with Crippen LogP contribution in [0.4, 0.5) is 5.69 Å². The number of anilines is 1. The van der Waals surface area contributed by atoms with Crippen LogP contribution in [0.15, 0.2) is 53.7 Å². The minimum atomic E-state index is -0.299. The number of aryl methyl sites for hydroxylation is 2. The number of para-hydroxylation sites is 1. The first-order valence-corrected chi connectivity index (χ1v) is 12.1. The fourth-order valence-electron chi connectivity index (χ4n) is 4.04. The Morgan fingerprint density at radius 3 is 2.38 bits per heavy atom. The smallest absolute Gasteiger partial charge is 0.237 e. The number of benzene rings is 2. The minimum Gasteiger partial charge on any atom is -0.325 e. The number of rotatable bonds is 8. The van der Waals surface area contributed by atoms with Gasteiger partial charge in [-0.15, -0.1) is 10.2 Å². The number of carbonyl (C=O) groups excluding carboxylic acids is 1. The molecule has 0 bridgehead atoms. The largest absolute Gasteiger partial charge is 0.325 e. The lowest BCUT2D eigenvalue weighted by atomic mass is 10.1. The van der Waals surface area contributed by atoms with E-state index in [0.717, 1.165) is 47.4 Å². The molecule has 6 nitrogen and oxygen atoms in total. The molecule has 4 rings (SSSR count). The zero-order valence-electron chi connectivity index (χ0n) is 19.0. The fourth-order valence-corrected chi connectivity index (χ4v) is 4.90. The Labute approximate surface area is 194 Å². The Morgan fingerprint density at radius 2 is 1.69 bits per heavy atom. The van der Waals surface area contributed by atoms with E-state index in [-0.39, 0.29) is 11.2 Å². The van der Waals surface area contributed by atoms with Gasteiger partial charge in [0.05, 0.1) is 18.3 Å². The van der Waals surface area contributed by atoms with Crippen LogP contribution in [0, 0.1) is 13.8 Å². The second-order valence-corrected chi connectivity index (χ2v) is 9.78. The van der Waals surface area contributed by atoms with Crippen molar-refractivity contribution in [3.05, 3.63) is 71.0 Å². The van der Waals surface area contributed by atoms with Crippen molar-refractivity contribution < 1.29 is 4.79 Å². The van der Waals surface area contributed by atoms with Gasteiger partial charge in [0.1, 0.15) is 5.82 Å². The SMILES string of the molecule is Cc1cccc(C)c1NC(=O)C(C)Sc1nnc(CN2CCCC2)n1Cc1ccccc1. The number of amides is 1. The number of likely N-dealkylation sites (tertiary alicyclic amines) is 1. The number of hydrogen-bond donors (Lipinski definition) is 1. The highest BCUT2D eigenvalue weighted by Gasteiger charge is 2.23. The molecule has 168 valence electrons. The van der Waals surface area contributed by atoms with Crippen molar-refractivity contribution in [1.29, 1.82) is 0 Å². The van der Waals surface area contributed by atoms with Crippen LogP contribution < -0.4 is 5.32 Å². The maximum Gasteiger partial charge on any atom is 0.237 e. The molecule has 1 aliphatic rings. The van der Waals surface area contributed by atoms with Crippen LogP contribution in [0.2, 0.25) is 0 Å². The van der Waals surface area contributed by atoms with Crippen molar-refractivity contribution in [2.45, 2.75) is 57.1 Å². The summed E-state index contributed by atoms with van der Waals surface area (Å²) in [6.45, 7) is 9.66. The van der Waals surface area contributed by atoms with E-state index in [1.165, 1.54) is 30.2 Å². The predicted octanol–water partition coefficient (Wildman–Crippen LogP) is 4.66. The molecule has 1 atom stereocenters. The Balaban J connectivity index is 1.52. The van der Waals surface area contributed by atoms with E-state index in [4.69, 9.17) is 0 Å². The highest BCUT2D eigenvalue weighted by atomic mass is 32.2. The minimum absolute atomic E-state index is 0.0252. The lowest BCUT2D eigenvalue weighted by Crippen LogP contribution is -2.24. The molecule has 1 fully saturated rings. The van der Waals surface area contributed by atoms with Crippen LogP contribution in [-0.2, 0) is 17.9 Å². The molecule has 32 heavy (non-hydrogen) atoms. The standard InChI is InChI=1S/C25H31N5OS/c1-18-10-9-11-19(2)23(18)26-24(31)20(3)32-25-28-27-22(17-29-14-7-8-15-29)30(25)16-21-12-5-4-6-13-21/h4-6,9-13,20H,7-8,14-17H2,1-3H3,(H,26,31). The van der Waals surface area contributed by atoms with E-state index in [1.807, 2.05) is 57.2 Å². The summed E-state index contributed by atoms with van der Waals surface area (Å²) in [5.41, 5.74) is 4.22. The van der Waals surface area contributed by atoms with Crippen molar-refractivity contribution in [2.24, 2.45) is 0 Å². The van der Waals surface area contributed by atoms with E-state index >= 15 is 0 Å². The van der Waals surface area contributed by atoms with Gasteiger partial charge in [-0.2, -0.15) is 0 Å². The van der Waals surface area contributed by atoms with Gasteiger partial charge in [0, 0.05) is 5.69 Å². The molecule has 0 saturated carbocycles. The average molecular weight is 450 g/mol. The third-order valence-electron chi connectivity index (χ3n) is 5.92. The maximum absolute atomic E-state index is 13.0. The van der Waals surface area contributed by atoms with Crippen LogP contribution in [-0.4, -0.2) is 43.9 Å². The molecule has 7 heteroatoms. The zero-order chi connectivity index (χ0) is 22.5. The van der Waals surface area contributed by atoms with Gasteiger partial charge in [0.2, 0.25) is 5.91 Å². The molecule has 2 heterocycles. The Hall–Kier alpha value is -2.64. The van der Waals surface area contributed by atoms with Gasteiger partial charge in [-0.25, -0.2) is 0 Å². The Kier molecular flexibility index (Phi) is 7.27. The zero-order valence-corrected chi connectivity index (χ0v) is 19.9. The van der Waals surface area contributed by atoms with Gasteiger partial charge >= 0.3 is 0 Å². The maximum atomic E-state index is 13.0. The first-order chi connectivity index (χ1) is 15.5. The second-order valence-electron chi connectivity index (χ2n) is 8.47. The molecule has 3 aromatic rings. The molecule has 1 amide bonds. The molecule has 1 unspecified atom stereocenters. The Bertz CT molecular complexity index is 1040. The fraction of sp³-hybridized carbons (Fsp3) is 0.400. The van der Waals surface area contributed by atoms with E-state index < -0.39 is 0 Å². The summed E-state index contributed by atoms with van der Waals surface area (Å²) >= 11 is 1.47. The lowest BCUT2D eigenvalue weighted by molar-refractivity contribution is -0.115. The monoisotopic (exact) mass is 449 g/mol. The van der Waals surface area contributed by atoms with E-state index in [1.54, 1.807) is 0 Å². The quantitative estimate of drug-likeness (QED) is 0.507. The summed E-state index contributed by atoms with van der Waals surface area (Å²) in [5, 5.41) is 12.6. The molecule has 1 N–H and O–H groups in total. The van der Waals surface area contributed by atoms with E-state index in [9.17, 15) is 4.79 Å². The number of aromatic nitrogens is 3. The summed E-state index contributed by atoms with van der Waals surface area (Å²) in [6, 6.07) is 16.4. The first kappa shape index (κ1) is 22.6. The molecule has 0 aliphatic carbocycles. The summed E-state index contributed by atoms with van der Waals surface area (Å²) < 4.78 is 2.17. The summed E-state index contributed by atoms with van der Waals surface area (Å²) in [7, 11) is 0. The molecule has 0 radical (unpaired) electrons. The van der Waals surface area contributed by atoms with Crippen molar-refractivity contribution >= 4 is 23.4 Å². The van der Waals surface area contributed by atoms with Gasteiger partial charge in [-0.1, -0.05) is 60.3 Å². The molecular weight excluding hydrogens is 418 g/mol. The van der Waals surface area contributed by atoms with Crippen LogP contribution in [0.5, 0.6) is 0 Å². The highest BCUT2D eigenvalue weighted by molar-refractivity contribution is 8.00. The first-order valence-electron chi connectivity index (χ1n) is 11.2. The molecule has 1 aromatic heterocycles. The molecular formula is C25H31N5OS. The van der Waals surface area contributed by atoms with Crippen molar-refractivity contribution in [1.82, 2.24) is 19.7 Å². The third kappa shape index (κ3) is 5.40. The second kappa shape index (κ2) is 10.3. The lowest BCUT2D eigenvalue weighted by Gasteiger charge is -2.18. The normalized spacial score (nSPS) is 15.1. The summed E-state index contributed by atoms with van der Waals surface area (Å²) in [6.07, 6.45) is 2.48. The van der Waals surface area contributed by atoms with Gasteiger partial charge < -0.3 is 9.88 Å². The van der Waals surface area contributed by atoms with Crippen molar-refractivity contribution in [2.75, 3.05) is 18.4 Å². The van der Waals surface area contributed by atoms with Gasteiger partial charge in [0.25, 0.3) is 0 Å². The number of nitrogens with one attached hydrogen (secondary N) is 1. The number of thioether (sulfide) groups is 1. The Morgan fingerprint density at radius 1 is 1.00 bits per heavy atom. The van der Waals surface area contributed by atoms with Gasteiger partial charge in [-0.05, 0) is 63.4 Å². The van der Waals surface area contributed by atoms with Crippen molar-refractivity contribution in [3.8, 4) is 0 Å². The number of hydrogen-bond acceptors (Lipinski definition) is 5. The number of nitrogens with zero attached hydrogens (tertiary/aromatic N) is 4. The van der Waals surface area contributed by atoms with Gasteiger partial charge in [0.15, 0.2) is 5.16 Å². The summed E-state index contributed by atoms with van der Waals surface area (Å²) in [5.74, 6) is 0.934. The van der Waals surface area contributed by atoms with Crippen molar-refractivity contribution in [3.63, 3.8) is 0 Å². The average Bonchev–Trinajstić information content (AvgIpc) is 3.43. The topological polar surface area (TPSA) is 63.1 Å². The van der Waals surface area contributed by atoms with Crippen LogP contribution >= 0.6 is 11.8 Å². The predicted molar refractivity (Wildman–Crippen MR) is 130 cm³/mol.